The predicted molar refractivity (Wildman–Crippen MR) is 94.3 cm³/mol. The Morgan fingerprint density at radius 3 is 2.67 bits per heavy atom. The molecule has 1 amide bonds. The van der Waals surface area contributed by atoms with Crippen molar-refractivity contribution in [3.05, 3.63) is 33.8 Å². The van der Waals surface area contributed by atoms with E-state index in [4.69, 9.17) is 27.9 Å². The summed E-state index contributed by atoms with van der Waals surface area (Å²) in [7, 11) is 0. The molecule has 0 spiro atoms. The van der Waals surface area contributed by atoms with Gasteiger partial charge in [0.1, 0.15) is 0 Å². The fraction of sp³-hybridized carbons (Fsp3) is 0.611. The molecule has 1 unspecified atom stereocenters. The van der Waals surface area contributed by atoms with Gasteiger partial charge < -0.3 is 14.7 Å². The molecule has 6 heteroatoms. The molecule has 1 saturated carbocycles. The highest BCUT2D eigenvalue weighted by Gasteiger charge is 2.39. The fourth-order valence-corrected chi connectivity index (χ4v) is 4.15. The summed E-state index contributed by atoms with van der Waals surface area (Å²) in [5.41, 5.74) is 0.911. The van der Waals surface area contributed by atoms with Crippen LogP contribution in [0.2, 0.25) is 10.0 Å². The number of morpholine rings is 1. The fourth-order valence-electron chi connectivity index (χ4n) is 3.85. The summed E-state index contributed by atoms with van der Waals surface area (Å²) in [6.45, 7) is 1.09. The molecule has 1 N–H and O–H groups in total. The standard InChI is InChI=1S/C18H23Cl2NO3/c19-14-6-5-13(11-15(14)20)17-16(7-9-22)24-10-8-21(17)18(23)12-3-1-2-4-12/h5-6,11-12,16-17,22H,1-4,7-10H2/t16-,17?/m1/s1. The molecule has 0 radical (unpaired) electrons. The summed E-state index contributed by atoms with van der Waals surface area (Å²) in [5.74, 6) is 0.318. The zero-order valence-electron chi connectivity index (χ0n) is 13.6. The summed E-state index contributed by atoms with van der Waals surface area (Å²) >= 11 is 12.2. The van der Waals surface area contributed by atoms with Crippen molar-refractivity contribution in [3.8, 4) is 0 Å². The molecule has 1 aromatic carbocycles. The third-order valence-corrected chi connectivity index (χ3v) is 5.78. The molecule has 0 bridgehead atoms. The Hall–Kier alpha value is -0.810. The van der Waals surface area contributed by atoms with Crippen molar-refractivity contribution in [2.45, 2.75) is 44.2 Å². The van der Waals surface area contributed by atoms with Gasteiger partial charge in [0, 0.05) is 19.1 Å². The lowest BCUT2D eigenvalue weighted by Crippen LogP contribution is -2.50. The van der Waals surface area contributed by atoms with Crippen molar-refractivity contribution < 1.29 is 14.6 Å². The van der Waals surface area contributed by atoms with Crippen LogP contribution in [0.25, 0.3) is 0 Å². The van der Waals surface area contributed by atoms with Crippen LogP contribution in [-0.4, -0.2) is 41.8 Å². The zero-order valence-corrected chi connectivity index (χ0v) is 15.1. The number of amides is 1. The van der Waals surface area contributed by atoms with Gasteiger partial charge in [0.15, 0.2) is 0 Å². The van der Waals surface area contributed by atoms with Crippen molar-refractivity contribution in [3.63, 3.8) is 0 Å². The molecule has 3 rings (SSSR count). The number of rotatable bonds is 4. The lowest BCUT2D eigenvalue weighted by atomic mass is 9.94. The maximum atomic E-state index is 13.0. The van der Waals surface area contributed by atoms with Crippen LogP contribution in [-0.2, 0) is 9.53 Å². The number of hydrogen-bond donors (Lipinski definition) is 1. The largest absolute Gasteiger partial charge is 0.396 e. The summed E-state index contributed by atoms with van der Waals surface area (Å²) in [6.07, 6.45) is 4.44. The van der Waals surface area contributed by atoms with E-state index < -0.39 is 0 Å². The summed E-state index contributed by atoms with van der Waals surface area (Å²) in [4.78, 5) is 15.0. The van der Waals surface area contributed by atoms with Crippen LogP contribution in [0.4, 0.5) is 0 Å². The Bertz CT molecular complexity index is 588. The van der Waals surface area contributed by atoms with E-state index in [9.17, 15) is 9.90 Å². The maximum Gasteiger partial charge on any atom is 0.226 e. The highest BCUT2D eigenvalue weighted by molar-refractivity contribution is 6.42. The first-order valence-electron chi connectivity index (χ1n) is 8.59. The van der Waals surface area contributed by atoms with E-state index in [-0.39, 0.29) is 30.6 Å². The highest BCUT2D eigenvalue weighted by Crippen LogP contribution is 2.37. The second-order valence-electron chi connectivity index (χ2n) is 6.55. The number of benzene rings is 1. The van der Waals surface area contributed by atoms with Gasteiger partial charge in [-0.2, -0.15) is 0 Å². The van der Waals surface area contributed by atoms with Gasteiger partial charge in [0.05, 0.1) is 28.8 Å². The van der Waals surface area contributed by atoms with Crippen molar-refractivity contribution in [2.24, 2.45) is 5.92 Å². The molecule has 1 heterocycles. The van der Waals surface area contributed by atoms with E-state index >= 15 is 0 Å². The van der Waals surface area contributed by atoms with Crippen LogP contribution in [0.5, 0.6) is 0 Å². The molecule has 2 fully saturated rings. The number of aliphatic hydroxyl groups excluding tert-OH is 1. The van der Waals surface area contributed by atoms with Crippen LogP contribution in [0.3, 0.4) is 0 Å². The average Bonchev–Trinajstić information content (AvgIpc) is 3.11. The van der Waals surface area contributed by atoms with Crippen molar-refractivity contribution in [2.75, 3.05) is 19.8 Å². The Kier molecular flexibility index (Phi) is 6.03. The lowest BCUT2D eigenvalue weighted by molar-refractivity contribution is -0.152. The molecule has 2 atom stereocenters. The van der Waals surface area contributed by atoms with Crippen LogP contribution in [0, 0.1) is 5.92 Å². The number of aliphatic hydroxyl groups is 1. The van der Waals surface area contributed by atoms with E-state index in [1.807, 2.05) is 17.0 Å². The Balaban J connectivity index is 1.91. The molecule has 1 aliphatic heterocycles. The molecular weight excluding hydrogens is 349 g/mol. The van der Waals surface area contributed by atoms with Gasteiger partial charge >= 0.3 is 0 Å². The molecule has 1 aromatic rings. The molecule has 0 aromatic heterocycles. The minimum atomic E-state index is -0.230. The van der Waals surface area contributed by atoms with Crippen molar-refractivity contribution >= 4 is 29.1 Å². The summed E-state index contributed by atoms with van der Waals surface area (Å²) in [6, 6.07) is 5.23. The van der Waals surface area contributed by atoms with Crippen LogP contribution >= 0.6 is 23.2 Å². The first-order valence-corrected chi connectivity index (χ1v) is 9.35. The summed E-state index contributed by atoms with van der Waals surface area (Å²) in [5, 5.41) is 10.3. The molecule has 1 aliphatic carbocycles. The van der Waals surface area contributed by atoms with Gasteiger partial charge in [-0.3, -0.25) is 4.79 Å². The smallest absolute Gasteiger partial charge is 0.226 e. The van der Waals surface area contributed by atoms with E-state index in [2.05, 4.69) is 0 Å². The number of ether oxygens (including phenoxy) is 1. The lowest BCUT2D eigenvalue weighted by Gasteiger charge is -2.42. The molecule has 4 nitrogen and oxygen atoms in total. The number of nitrogens with zero attached hydrogens (tertiary/aromatic N) is 1. The monoisotopic (exact) mass is 371 g/mol. The number of carbonyl (C=O) groups is 1. The van der Waals surface area contributed by atoms with Crippen LogP contribution in [0.15, 0.2) is 18.2 Å². The van der Waals surface area contributed by atoms with E-state index in [1.165, 1.54) is 0 Å². The van der Waals surface area contributed by atoms with Gasteiger partial charge in [-0.1, -0.05) is 42.1 Å². The number of hydrogen-bond acceptors (Lipinski definition) is 3. The second-order valence-corrected chi connectivity index (χ2v) is 7.37. The van der Waals surface area contributed by atoms with Crippen molar-refractivity contribution in [1.82, 2.24) is 4.90 Å². The van der Waals surface area contributed by atoms with E-state index in [0.717, 1.165) is 31.2 Å². The van der Waals surface area contributed by atoms with Gasteiger partial charge in [-0.05, 0) is 37.0 Å². The topological polar surface area (TPSA) is 49.8 Å². The first kappa shape index (κ1) is 18.0. The second kappa shape index (κ2) is 8.05. The summed E-state index contributed by atoms with van der Waals surface area (Å²) < 4.78 is 5.87. The minimum Gasteiger partial charge on any atom is -0.396 e. The Morgan fingerprint density at radius 1 is 1.25 bits per heavy atom. The predicted octanol–water partition coefficient (Wildman–Crippen LogP) is 3.83. The Morgan fingerprint density at radius 2 is 2.00 bits per heavy atom. The maximum absolute atomic E-state index is 13.0. The third kappa shape index (κ3) is 3.72. The van der Waals surface area contributed by atoms with Crippen LogP contribution < -0.4 is 0 Å². The molecular formula is C18H23Cl2NO3. The van der Waals surface area contributed by atoms with Gasteiger partial charge in [0.2, 0.25) is 5.91 Å². The molecule has 1 saturated heterocycles. The molecule has 132 valence electrons. The minimum absolute atomic E-state index is 0.0218. The molecule has 24 heavy (non-hydrogen) atoms. The Labute approximate surface area is 152 Å². The van der Waals surface area contributed by atoms with E-state index in [1.54, 1.807) is 6.07 Å². The quantitative estimate of drug-likeness (QED) is 0.874. The van der Waals surface area contributed by atoms with Gasteiger partial charge in [0.25, 0.3) is 0 Å². The number of halogens is 2. The SMILES string of the molecule is O=C(C1CCCC1)N1CCO[C@H](CCO)C1c1ccc(Cl)c(Cl)c1. The van der Waals surface area contributed by atoms with Crippen LogP contribution in [0.1, 0.15) is 43.7 Å². The third-order valence-electron chi connectivity index (χ3n) is 5.04. The van der Waals surface area contributed by atoms with Gasteiger partial charge in [-0.25, -0.2) is 0 Å². The first-order chi connectivity index (χ1) is 11.6. The normalized spacial score (nSPS) is 25.2. The van der Waals surface area contributed by atoms with E-state index in [0.29, 0.717) is 29.6 Å². The van der Waals surface area contributed by atoms with Crippen molar-refractivity contribution in [1.29, 1.82) is 0 Å². The highest BCUT2D eigenvalue weighted by atomic mass is 35.5. The van der Waals surface area contributed by atoms with Gasteiger partial charge in [-0.15, -0.1) is 0 Å². The molecule has 2 aliphatic rings. The average molecular weight is 372 g/mol. The number of carbonyl (C=O) groups excluding carboxylic acids is 1. The zero-order chi connectivity index (χ0) is 17.1.